The molecule has 1 aromatic rings. The molecule has 20 heavy (non-hydrogen) atoms. The highest BCUT2D eigenvalue weighted by Gasteiger charge is 2.21. The maximum absolute atomic E-state index is 5.89. The number of hydrogen-bond acceptors (Lipinski definition) is 4. The van der Waals surface area contributed by atoms with Gasteiger partial charge in [-0.1, -0.05) is 6.08 Å². The van der Waals surface area contributed by atoms with Gasteiger partial charge in [-0.2, -0.15) is 0 Å². The standard InChI is InChI=1S/C15H22ClN3O/c1-3-9-20-10-6-13-4-7-19(8-5-13)14-12(2)11-17-15(16)18-14/h3,11,13H,1,4-10H2,2H3. The first-order valence-corrected chi connectivity index (χ1v) is 7.51. The number of piperidine rings is 1. The fourth-order valence-electron chi connectivity index (χ4n) is 2.58. The molecule has 2 heterocycles. The van der Waals surface area contributed by atoms with Crippen molar-refractivity contribution in [3.63, 3.8) is 0 Å². The Morgan fingerprint density at radius 2 is 2.25 bits per heavy atom. The van der Waals surface area contributed by atoms with Gasteiger partial charge >= 0.3 is 0 Å². The van der Waals surface area contributed by atoms with Gasteiger partial charge in [0.1, 0.15) is 5.82 Å². The quantitative estimate of drug-likeness (QED) is 0.459. The zero-order chi connectivity index (χ0) is 14.4. The topological polar surface area (TPSA) is 38.2 Å². The third-order valence-electron chi connectivity index (χ3n) is 3.74. The predicted octanol–water partition coefficient (Wildman–Crippen LogP) is 3.25. The maximum atomic E-state index is 5.89. The van der Waals surface area contributed by atoms with Crippen LogP contribution in [0.25, 0.3) is 0 Å². The number of anilines is 1. The number of rotatable bonds is 6. The van der Waals surface area contributed by atoms with Crippen molar-refractivity contribution in [1.82, 2.24) is 9.97 Å². The van der Waals surface area contributed by atoms with Crippen LogP contribution < -0.4 is 4.90 Å². The van der Waals surface area contributed by atoms with E-state index in [1.165, 1.54) is 12.8 Å². The Kier molecular flexibility index (Phi) is 5.80. The number of ether oxygens (including phenoxy) is 1. The summed E-state index contributed by atoms with van der Waals surface area (Å²) in [5.74, 6) is 1.72. The summed E-state index contributed by atoms with van der Waals surface area (Å²) in [4.78, 5) is 10.7. The van der Waals surface area contributed by atoms with Gasteiger partial charge in [0.15, 0.2) is 0 Å². The normalized spacial score (nSPS) is 16.4. The Bertz CT molecular complexity index is 445. The minimum atomic E-state index is 0.325. The van der Waals surface area contributed by atoms with E-state index < -0.39 is 0 Å². The van der Waals surface area contributed by atoms with Gasteiger partial charge in [-0.3, -0.25) is 0 Å². The smallest absolute Gasteiger partial charge is 0.224 e. The number of nitrogens with zero attached hydrogens (tertiary/aromatic N) is 3. The first-order valence-electron chi connectivity index (χ1n) is 7.13. The zero-order valence-electron chi connectivity index (χ0n) is 12.0. The third kappa shape index (κ3) is 4.18. The lowest BCUT2D eigenvalue weighted by Gasteiger charge is -2.33. The van der Waals surface area contributed by atoms with Gasteiger partial charge in [-0.25, -0.2) is 9.97 Å². The second-order valence-corrected chi connectivity index (χ2v) is 5.57. The van der Waals surface area contributed by atoms with E-state index in [0.29, 0.717) is 11.9 Å². The highest BCUT2D eigenvalue weighted by atomic mass is 35.5. The molecule has 1 saturated heterocycles. The van der Waals surface area contributed by atoms with Crippen LogP contribution in [0.1, 0.15) is 24.8 Å². The summed E-state index contributed by atoms with van der Waals surface area (Å²) in [5.41, 5.74) is 1.09. The SMILES string of the molecule is C=CCOCCC1CCN(c2nc(Cl)ncc2C)CC1. The summed E-state index contributed by atoms with van der Waals surface area (Å²) < 4.78 is 5.46. The van der Waals surface area contributed by atoms with E-state index in [2.05, 4.69) is 21.4 Å². The molecule has 2 rings (SSSR count). The van der Waals surface area contributed by atoms with Crippen LogP contribution >= 0.6 is 11.6 Å². The third-order valence-corrected chi connectivity index (χ3v) is 3.92. The van der Waals surface area contributed by atoms with Crippen LogP contribution in [0.2, 0.25) is 5.28 Å². The van der Waals surface area contributed by atoms with Crippen LogP contribution in [-0.4, -0.2) is 36.3 Å². The molecule has 0 radical (unpaired) electrons. The summed E-state index contributed by atoms with van der Waals surface area (Å²) >= 11 is 5.89. The van der Waals surface area contributed by atoms with Crippen molar-refractivity contribution < 1.29 is 4.74 Å². The van der Waals surface area contributed by atoms with Crippen molar-refractivity contribution in [2.75, 3.05) is 31.2 Å². The summed E-state index contributed by atoms with van der Waals surface area (Å²) in [6.07, 6.45) is 7.08. The van der Waals surface area contributed by atoms with Gasteiger partial charge in [-0.15, -0.1) is 6.58 Å². The second-order valence-electron chi connectivity index (χ2n) is 5.23. The number of hydrogen-bond donors (Lipinski definition) is 0. The summed E-state index contributed by atoms with van der Waals surface area (Å²) in [6.45, 7) is 9.21. The van der Waals surface area contributed by atoms with E-state index in [-0.39, 0.29) is 0 Å². The average molecular weight is 296 g/mol. The second kappa shape index (κ2) is 7.60. The average Bonchev–Trinajstić information content (AvgIpc) is 2.47. The van der Waals surface area contributed by atoms with E-state index in [4.69, 9.17) is 16.3 Å². The minimum absolute atomic E-state index is 0.325. The number of aryl methyl sites for hydroxylation is 1. The van der Waals surface area contributed by atoms with E-state index in [9.17, 15) is 0 Å². The summed E-state index contributed by atoms with van der Waals surface area (Å²) in [6, 6.07) is 0. The Morgan fingerprint density at radius 3 is 2.95 bits per heavy atom. The fourth-order valence-corrected chi connectivity index (χ4v) is 2.71. The molecule has 0 saturated carbocycles. The predicted molar refractivity (Wildman–Crippen MR) is 82.3 cm³/mol. The molecule has 0 aromatic carbocycles. The molecule has 0 atom stereocenters. The largest absolute Gasteiger partial charge is 0.377 e. The zero-order valence-corrected chi connectivity index (χ0v) is 12.8. The van der Waals surface area contributed by atoms with E-state index in [1.807, 2.05) is 6.92 Å². The highest BCUT2D eigenvalue weighted by molar-refractivity contribution is 6.28. The highest BCUT2D eigenvalue weighted by Crippen LogP contribution is 2.26. The van der Waals surface area contributed by atoms with Crippen molar-refractivity contribution in [1.29, 1.82) is 0 Å². The maximum Gasteiger partial charge on any atom is 0.224 e. The number of aromatic nitrogens is 2. The molecule has 4 nitrogen and oxygen atoms in total. The Labute approximate surface area is 125 Å². The van der Waals surface area contributed by atoms with E-state index in [1.54, 1.807) is 12.3 Å². The molecule has 5 heteroatoms. The molecule has 110 valence electrons. The first kappa shape index (κ1) is 15.3. The van der Waals surface area contributed by atoms with Crippen LogP contribution in [0.5, 0.6) is 0 Å². The molecule has 1 aliphatic heterocycles. The van der Waals surface area contributed by atoms with Gasteiger partial charge in [0.05, 0.1) is 6.61 Å². The molecule has 0 spiro atoms. The van der Waals surface area contributed by atoms with Gasteiger partial charge in [0.2, 0.25) is 5.28 Å². The Balaban J connectivity index is 1.81. The molecule has 0 N–H and O–H groups in total. The molecule has 0 aliphatic carbocycles. The van der Waals surface area contributed by atoms with Crippen molar-refractivity contribution in [3.05, 3.63) is 29.7 Å². The van der Waals surface area contributed by atoms with Gasteiger partial charge in [-0.05, 0) is 43.7 Å². The molecule has 1 aliphatic rings. The van der Waals surface area contributed by atoms with Crippen LogP contribution in [-0.2, 0) is 4.74 Å². The van der Waals surface area contributed by atoms with E-state index >= 15 is 0 Å². The van der Waals surface area contributed by atoms with Crippen LogP contribution in [0, 0.1) is 12.8 Å². The number of halogens is 1. The molecule has 0 amide bonds. The van der Waals surface area contributed by atoms with Gasteiger partial charge < -0.3 is 9.64 Å². The van der Waals surface area contributed by atoms with E-state index in [0.717, 1.165) is 43.4 Å². The van der Waals surface area contributed by atoms with Crippen LogP contribution in [0.15, 0.2) is 18.9 Å². The molecule has 0 unspecified atom stereocenters. The molecule has 1 aromatic heterocycles. The summed E-state index contributed by atoms with van der Waals surface area (Å²) in [5, 5.41) is 0.325. The fraction of sp³-hybridized carbons (Fsp3) is 0.600. The summed E-state index contributed by atoms with van der Waals surface area (Å²) in [7, 11) is 0. The lowest BCUT2D eigenvalue weighted by molar-refractivity contribution is 0.140. The van der Waals surface area contributed by atoms with Crippen molar-refractivity contribution in [3.8, 4) is 0 Å². The van der Waals surface area contributed by atoms with Gasteiger partial charge in [0, 0.05) is 31.5 Å². The molecular formula is C15H22ClN3O. The van der Waals surface area contributed by atoms with Crippen molar-refractivity contribution in [2.24, 2.45) is 5.92 Å². The Hall–Kier alpha value is -1.13. The van der Waals surface area contributed by atoms with Crippen LogP contribution in [0.4, 0.5) is 5.82 Å². The lowest BCUT2D eigenvalue weighted by atomic mass is 9.94. The minimum Gasteiger partial charge on any atom is -0.377 e. The van der Waals surface area contributed by atoms with Crippen molar-refractivity contribution >= 4 is 17.4 Å². The molecular weight excluding hydrogens is 274 g/mol. The van der Waals surface area contributed by atoms with Crippen LogP contribution in [0.3, 0.4) is 0 Å². The van der Waals surface area contributed by atoms with Crippen molar-refractivity contribution in [2.45, 2.75) is 26.2 Å². The lowest BCUT2D eigenvalue weighted by Crippen LogP contribution is -2.35. The molecule has 1 fully saturated rings. The van der Waals surface area contributed by atoms with Gasteiger partial charge in [0.25, 0.3) is 0 Å². The Morgan fingerprint density at radius 1 is 1.50 bits per heavy atom. The molecule has 0 bridgehead atoms. The first-order chi connectivity index (χ1) is 9.70. The monoisotopic (exact) mass is 295 g/mol.